The van der Waals surface area contributed by atoms with Gasteiger partial charge in [0.25, 0.3) is 5.91 Å². The van der Waals surface area contributed by atoms with Crippen LogP contribution in [0.5, 0.6) is 0 Å². The van der Waals surface area contributed by atoms with Crippen LogP contribution in [0, 0.1) is 5.92 Å². The SMILES string of the molecule is NCc1cc(C(=O)N2CC(O)(C3CC3)C2)ccn1. The largest absolute Gasteiger partial charge is 0.386 e. The van der Waals surface area contributed by atoms with Gasteiger partial charge < -0.3 is 15.7 Å². The van der Waals surface area contributed by atoms with E-state index in [2.05, 4.69) is 4.98 Å². The highest BCUT2D eigenvalue weighted by Crippen LogP contribution is 2.44. The standard InChI is InChI=1S/C13H17N3O2/c14-6-11-5-9(3-4-15-11)12(17)16-7-13(18,8-16)10-1-2-10/h3-5,10,18H,1-2,6-8,14H2. The van der Waals surface area contributed by atoms with Crippen LogP contribution in [0.25, 0.3) is 0 Å². The third-order valence-electron chi connectivity index (χ3n) is 3.83. The summed E-state index contributed by atoms with van der Waals surface area (Å²) in [6.45, 7) is 1.24. The first-order valence-electron chi connectivity index (χ1n) is 6.29. The van der Waals surface area contributed by atoms with Crippen LogP contribution < -0.4 is 5.73 Å². The molecule has 0 aromatic carbocycles. The number of β-amino-alcohol motifs (C(OH)–C–C–N with tert-alkyl or cyclic N) is 1. The van der Waals surface area contributed by atoms with E-state index in [1.165, 1.54) is 0 Å². The minimum atomic E-state index is -0.626. The molecule has 1 aromatic heterocycles. The lowest BCUT2D eigenvalue weighted by molar-refractivity contribution is -0.0958. The van der Waals surface area contributed by atoms with Gasteiger partial charge in [0, 0.05) is 18.3 Å². The Kier molecular flexibility index (Phi) is 2.60. The molecule has 0 spiro atoms. The molecule has 96 valence electrons. The fourth-order valence-corrected chi connectivity index (χ4v) is 2.54. The van der Waals surface area contributed by atoms with Gasteiger partial charge in [0.2, 0.25) is 0 Å². The summed E-state index contributed by atoms with van der Waals surface area (Å²) in [7, 11) is 0. The molecular weight excluding hydrogens is 230 g/mol. The van der Waals surface area contributed by atoms with Crippen molar-refractivity contribution in [2.45, 2.75) is 25.0 Å². The first-order chi connectivity index (χ1) is 8.62. The second kappa shape index (κ2) is 4.03. The molecule has 0 radical (unpaired) electrons. The summed E-state index contributed by atoms with van der Waals surface area (Å²) in [5.41, 5.74) is 6.19. The van der Waals surface area contributed by atoms with Gasteiger partial charge in [-0.05, 0) is 30.9 Å². The summed E-state index contributed by atoms with van der Waals surface area (Å²) in [6.07, 6.45) is 3.78. The van der Waals surface area contributed by atoms with Crippen molar-refractivity contribution in [2.24, 2.45) is 11.7 Å². The maximum atomic E-state index is 12.2. The van der Waals surface area contributed by atoms with Crippen molar-refractivity contribution in [1.29, 1.82) is 0 Å². The lowest BCUT2D eigenvalue weighted by atomic mass is 9.88. The summed E-state index contributed by atoms with van der Waals surface area (Å²) in [6, 6.07) is 3.41. The number of hydrogen-bond acceptors (Lipinski definition) is 4. The predicted molar refractivity (Wildman–Crippen MR) is 65.7 cm³/mol. The van der Waals surface area contributed by atoms with E-state index in [0.29, 0.717) is 36.8 Å². The molecule has 0 bridgehead atoms. The zero-order valence-electron chi connectivity index (χ0n) is 10.2. The van der Waals surface area contributed by atoms with E-state index in [-0.39, 0.29) is 5.91 Å². The monoisotopic (exact) mass is 247 g/mol. The van der Waals surface area contributed by atoms with Gasteiger partial charge in [-0.1, -0.05) is 0 Å². The maximum absolute atomic E-state index is 12.2. The van der Waals surface area contributed by atoms with Crippen LogP contribution in [0.3, 0.4) is 0 Å². The Labute approximate surface area is 106 Å². The average molecular weight is 247 g/mol. The Bertz CT molecular complexity index is 479. The Morgan fingerprint density at radius 1 is 1.56 bits per heavy atom. The third-order valence-corrected chi connectivity index (χ3v) is 3.83. The van der Waals surface area contributed by atoms with Gasteiger partial charge in [-0.25, -0.2) is 0 Å². The molecule has 3 rings (SSSR count). The van der Waals surface area contributed by atoms with Gasteiger partial charge in [-0.15, -0.1) is 0 Å². The molecule has 0 unspecified atom stereocenters. The Morgan fingerprint density at radius 3 is 2.89 bits per heavy atom. The molecule has 3 N–H and O–H groups in total. The molecule has 2 fully saturated rings. The van der Waals surface area contributed by atoms with Crippen LogP contribution in [0.1, 0.15) is 28.9 Å². The number of likely N-dealkylation sites (tertiary alicyclic amines) is 1. The molecule has 5 nitrogen and oxygen atoms in total. The minimum absolute atomic E-state index is 0.0441. The molecule has 1 saturated carbocycles. The fourth-order valence-electron chi connectivity index (χ4n) is 2.54. The van der Waals surface area contributed by atoms with Crippen LogP contribution in [0.4, 0.5) is 0 Å². The number of rotatable bonds is 3. The highest BCUT2D eigenvalue weighted by Gasteiger charge is 2.53. The number of amides is 1. The molecule has 0 atom stereocenters. The van der Waals surface area contributed by atoms with E-state index in [0.717, 1.165) is 12.8 Å². The van der Waals surface area contributed by atoms with Gasteiger partial charge >= 0.3 is 0 Å². The molecule has 2 aliphatic rings. The van der Waals surface area contributed by atoms with Crippen LogP contribution in [-0.4, -0.2) is 39.6 Å². The average Bonchev–Trinajstić information content (AvgIpc) is 3.18. The summed E-state index contributed by atoms with van der Waals surface area (Å²) in [5.74, 6) is 0.357. The summed E-state index contributed by atoms with van der Waals surface area (Å²) >= 11 is 0. The Hall–Kier alpha value is -1.46. The van der Waals surface area contributed by atoms with E-state index in [9.17, 15) is 9.90 Å². The Morgan fingerprint density at radius 2 is 2.28 bits per heavy atom. The predicted octanol–water partition coefficient (Wildman–Crippen LogP) is 0.137. The number of nitrogens with two attached hydrogens (primary N) is 1. The summed E-state index contributed by atoms with van der Waals surface area (Å²) in [5, 5.41) is 10.2. The van der Waals surface area contributed by atoms with Crippen molar-refractivity contribution in [2.75, 3.05) is 13.1 Å². The summed E-state index contributed by atoms with van der Waals surface area (Å²) in [4.78, 5) is 17.9. The van der Waals surface area contributed by atoms with Crippen LogP contribution >= 0.6 is 0 Å². The third kappa shape index (κ3) is 1.89. The molecule has 1 aliphatic heterocycles. The lowest BCUT2D eigenvalue weighted by Gasteiger charge is -2.47. The smallest absolute Gasteiger partial charge is 0.254 e. The summed E-state index contributed by atoms with van der Waals surface area (Å²) < 4.78 is 0. The van der Waals surface area contributed by atoms with Crippen molar-refractivity contribution in [1.82, 2.24) is 9.88 Å². The van der Waals surface area contributed by atoms with E-state index >= 15 is 0 Å². The maximum Gasteiger partial charge on any atom is 0.254 e. The second-order valence-corrected chi connectivity index (χ2v) is 5.28. The van der Waals surface area contributed by atoms with Gasteiger partial charge in [-0.3, -0.25) is 9.78 Å². The number of carbonyl (C=O) groups is 1. The quantitative estimate of drug-likeness (QED) is 0.796. The highest BCUT2D eigenvalue weighted by molar-refractivity contribution is 5.95. The molecule has 1 saturated heterocycles. The van der Waals surface area contributed by atoms with E-state index in [1.54, 1.807) is 23.2 Å². The van der Waals surface area contributed by atoms with E-state index in [1.807, 2.05) is 0 Å². The highest BCUT2D eigenvalue weighted by atomic mass is 16.3. The lowest BCUT2D eigenvalue weighted by Crippen LogP contribution is -2.64. The molecule has 5 heteroatoms. The number of aromatic nitrogens is 1. The van der Waals surface area contributed by atoms with Crippen LogP contribution in [-0.2, 0) is 6.54 Å². The van der Waals surface area contributed by atoms with Gasteiger partial charge in [0.05, 0.1) is 18.8 Å². The van der Waals surface area contributed by atoms with Gasteiger partial charge in [0.1, 0.15) is 5.60 Å². The van der Waals surface area contributed by atoms with Crippen molar-refractivity contribution < 1.29 is 9.90 Å². The van der Waals surface area contributed by atoms with Gasteiger partial charge in [-0.2, -0.15) is 0 Å². The van der Waals surface area contributed by atoms with Crippen LogP contribution in [0.2, 0.25) is 0 Å². The van der Waals surface area contributed by atoms with Crippen molar-refractivity contribution in [3.05, 3.63) is 29.6 Å². The molecule has 1 aliphatic carbocycles. The number of nitrogens with zero attached hydrogens (tertiary/aromatic N) is 2. The normalized spacial score (nSPS) is 21.6. The molecule has 18 heavy (non-hydrogen) atoms. The van der Waals surface area contributed by atoms with Gasteiger partial charge in [0.15, 0.2) is 0 Å². The number of pyridine rings is 1. The number of carbonyl (C=O) groups excluding carboxylic acids is 1. The van der Waals surface area contributed by atoms with Crippen molar-refractivity contribution >= 4 is 5.91 Å². The molecule has 1 aromatic rings. The topological polar surface area (TPSA) is 79.5 Å². The molecule has 2 heterocycles. The van der Waals surface area contributed by atoms with E-state index in [4.69, 9.17) is 5.73 Å². The minimum Gasteiger partial charge on any atom is -0.386 e. The zero-order chi connectivity index (χ0) is 12.8. The zero-order valence-corrected chi connectivity index (χ0v) is 10.2. The fraction of sp³-hybridized carbons (Fsp3) is 0.538. The Balaban J connectivity index is 1.68. The number of hydrogen-bond donors (Lipinski definition) is 2. The second-order valence-electron chi connectivity index (χ2n) is 5.28. The van der Waals surface area contributed by atoms with Crippen LogP contribution in [0.15, 0.2) is 18.3 Å². The first kappa shape index (κ1) is 11.6. The molecular formula is C13H17N3O2. The number of aliphatic hydroxyl groups is 1. The molecule has 1 amide bonds. The van der Waals surface area contributed by atoms with Crippen molar-refractivity contribution in [3.63, 3.8) is 0 Å². The van der Waals surface area contributed by atoms with Crippen molar-refractivity contribution in [3.8, 4) is 0 Å². The van der Waals surface area contributed by atoms with E-state index < -0.39 is 5.60 Å². The first-order valence-corrected chi connectivity index (χ1v) is 6.29.